The Morgan fingerprint density at radius 2 is 1.71 bits per heavy atom. The van der Waals surface area contributed by atoms with Crippen molar-refractivity contribution in [3.63, 3.8) is 0 Å². The summed E-state index contributed by atoms with van der Waals surface area (Å²) in [6.07, 6.45) is 0. The molecule has 4 rings (SSSR count). The van der Waals surface area contributed by atoms with E-state index in [2.05, 4.69) is 10.3 Å². The van der Waals surface area contributed by atoms with E-state index in [1.807, 2.05) is 31.2 Å². The van der Waals surface area contributed by atoms with Crippen molar-refractivity contribution in [1.29, 1.82) is 0 Å². The third-order valence-corrected chi connectivity index (χ3v) is 7.73. The molecular weight excluding hydrogens is 430 g/mol. The highest BCUT2D eigenvalue weighted by atomic mass is 32.2. The second-order valence-corrected chi connectivity index (χ2v) is 9.82. The lowest BCUT2D eigenvalue weighted by Gasteiger charge is -2.22. The topological polar surface area (TPSA) is 79.4 Å². The van der Waals surface area contributed by atoms with Crippen molar-refractivity contribution in [1.82, 2.24) is 4.98 Å². The zero-order chi connectivity index (χ0) is 22.0. The van der Waals surface area contributed by atoms with Gasteiger partial charge in [-0.25, -0.2) is 13.4 Å². The number of hydrogen-bond donors (Lipinski definition) is 1. The summed E-state index contributed by atoms with van der Waals surface area (Å²) >= 11 is 1.40. The van der Waals surface area contributed by atoms with Gasteiger partial charge in [0.25, 0.3) is 15.9 Å². The molecule has 6 nitrogen and oxygen atoms in total. The van der Waals surface area contributed by atoms with Gasteiger partial charge in [-0.15, -0.1) is 0 Å². The number of para-hydroxylation sites is 2. The molecular formula is C23H21N3O3S2. The van der Waals surface area contributed by atoms with Gasteiger partial charge in [-0.05, 0) is 61.9 Å². The van der Waals surface area contributed by atoms with E-state index in [0.717, 1.165) is 15.8 Å². The molecule has 0 radical (unpaired) electrons. The zero-order valence-electron chi connectivity index (χ0n) is 17.1. The van der Waals surface area contributed by atoms with Crippen LogP contribution in [0, 0.1) is 6.92 Å². The Morgan fingerprint density at radius 3 is 2.35 bits per heavy atom. The van der Waals surface area contributed by atoms with Gasteiger partial charge in [-0.3, -0.25) is 14.4 Å². The first-order valence-corrected chi connectivity index (χ1v) is 12.0. The summed E-state index contributed by atoms with van der Waals surface area (Å²) in [4.78, 5) is 17.3. The van der Waals surface area contributed by atoms with Crippen molar-refractivity contribution in [2.45, 2.75) is 18.7 Å². The fourth-order valence-electron chi connectivity index (χ4n) is 3.30. The summed E-state index contributed by atoms with van der Waals surface area (Å²) in [5.41, 5.74) is 2.86. The fraction of sp³-hybridized carbons (Fsp3) is 0.130. The molecule has 1 aromatic heterocycles. The van der Waals surface area contributed by atoms with Crippen LogP contribution in [0.1, 0.15) is 22.8 Å². The zero-order valence-corrected chi connectivity index (χ0v) is 18.7. The Labute approximate surface area is 185 Å². The molecule has 0 aliphatic rings. The van der Waals surface area contributed by atoms with Crippen molar-refractivity contribution in [3.8, 4) is 0 Å². The number of hydrogen-bond acceptors (Lipinski definition) is 5. The predicted octanol–water partition coefficient (Wildman–Crippen LogP) is 5.07. The van der Waals surface area contributed by atoms with Crippen molar-refractivity contribution in [2.24, 2.45) is 0 Å². The van der Waals surface area contributed by atoms with E-state index in [9.17, 15) is 13.2 Å². The lowest BCUT2D eigenvalue weighted by Crippen LogP contribution is -2.30. The van der Waals surface area contributed by atoms with Crippen LogP contribution in [0.15, 0.2) is 77.7 Å². The number of thiazole rings is 1. The molecule has 0 fully saturated rings. The van der Waals surface area contributed by atoms with Gasteiger partial charge in [-0.1, -0.05) is 41.7 Å². The predicted molar refractivity (Wildman–Crippen MR) is 125 cm³/mol. The van der Waals surface area contributed by atoms with Crippen molar-refractivity contribution in [3.05, 3.63) is 83.9 Å². The first-order valence-electron chi connectivity index (χ1n) is 9.75. The van der Waals surface area contributed by atoms with E-state index in [4.69, 9.17) is 0 Å². The smallest absolute Gasteiger partial charge is 0.264 e. The van der Waals surface area contributed by atoms with E-state index >= 15 is 0 Å². The summed E-state index contributed by atoms with van der Waals surface area (Å²) < 4.78 is 28.5. The lowest BCUT2D eigenvalue weighted by molar-refractivity contribution is 0.102. The molecule has 3 aromatic carbocycles. The quantitative estimate of drug-likeness (QED) is 0.444. The molecule has 1 N–H and O–H groups in total. The van der Waals surface area contributed by atoms with E-state index in [1.54, 1.807) is 31.2 Å². The van der Waals surface area contributed by atoms with Gasteiger partial charge >= 0.3 is 0 Å². The minimum atomic E-state index is -3.74. The van der Waals surface area contributed by atoms with Crippen molar-refractivity contribution < 1.29 is 13.2 Å². The molecule has 0 saturated carbocycles. The van der Waals surface area contributed by atoms with E-state index < -0.39 is 10.0 Å². The van der Waals surface area contributed by atoms with Crippen LogP contribution < -0.4 is 9.62 Å². The molecule has 1 heterocycles. The van der Waals surface area contributed by atoms with Gasteiger partial charge in [0.05, 0.1) is 20.8 Å². The van der Waals surface area contributed by atoms with Crippen LogP contribution in [0.5, 0.6) is 0 Å². The monoisotopic (exact) mass is 451 g/mol. The number of fused-ring (bicyclic) bond motifs is 1. The maximum atomic E-state index is 13.1. The number of amides is 1. The number of sulfonamides is 1. The Balaban J connectivity index is 1.55. The molecule has 0 saturated heterocycles. The molecule has 8 heteroatoms. The van der Waals surface area contributed by atoms with Gasteiger partial charge in [0.15, 0.2) is 5.13 Å². The number of rotatable bonds is 6. The summed E-state index contributed by atoms with van der Waals surface area (Å²) in [6, 6.07) is 20.8. The van der Waals surface area contributed by atoms with Crippen LogP contribution in [-0.4, -0.2) is 25.9 Å². The summed E-state index contributed by atoms with van der Waals surface area (Å²) in [7, 11) is -3.74. The van der Waals surface area contributed by atoms with Gasteiger partial charge in [0, 0.05) is 12.1 Å². The fourth-order valence-corrected chi connectivity index (χ4v) is 5.71. The molecule has 0 aliphatic carbocycles. The number of benzene rings is 3. The van der Waals surface area contributed by atoms with Gasteiger partial charge in [-0.2, -0.15) is 0 Å². The van der Waals surface area contributed by atoms with Crippen LogP contribution >= 0.6 is 11.3 Å². The Kier molecular flexibility index (Phi) is 5.75. The highest BCUT2D eigenvalue weighted by Crippen LogP contribution is 2.28. The minimum absolute atomic E-state index is 0.130. The summed E-state index contributed by atoms with van der Waals surface area (Å²) in [5, 5.41) is 3.31. The van der Waals surface area contributed by atoms with Gasteiger partial charge in [0.2, 0.25) is 0 Å². The normalized spacial score (nSPS) is 11.4. The highest BCUT2D eigenvalue weighted by molar-refractivity contribution is 7.92. The van der Waals surface area contributed by atoms with Crippen LogP contribution in [0.2, 0.25) is 0 Å². The third kappa shape index (κ3) is 4.17. The maximum Gasteiger partial charge on any atom is 0.264 e. The number of aryl methyl sites for hydroxylation is 1. The third-order valence-electron chi connectivity index (χ3n) is 4.88. The maximum absolute atomic E-state index is 13.1. The molecule has 0 spiro atoms. The molecule has 4 aromatic rings. The van der Waals surface area contributed by atoms with E-state index in [-0.39, 0.29) is 10.8 Å². The largest absolute Gasteiger partial charge is 0.298 e. The van der Waals surface area contributed by atoms with E-state index in [0.29, 0.717) is 22.9 Å². The van der Waals surface area contributed by atoms with Crippen LogP contribution in [0.4, 0.5) is 10.8 Å². The molecule has 0 atom stereocenters. The molecule has 0 unspecified atom stereocenters. The number of nitrogens with one attached hydrogen (secondary N) is 1. The first-order chi connectivity index (χ1) is 14.9. The molecule has 0 aliphatic heterocycles. The molecule has 1 amide bonds. The average molecular weight is 452 g/mol. The highest BCUT2D eigenvalue weighted by Gasteiger charge is 2.23. The SMILES string of the molecule is CCN(c1ccccc1)S(=O)(=O)c1ccc(C(=O)Nc2nc3c(C)cccc3s2)cc1. The summed E-state index contributed by atoms with van der Waals surface area (Å²) in [6.45, 7) is 4.06. The Bertz CT molecular complexity index is 1330. The van der Waals surface area contributed by atoms with Crippen LogP contribution in [0.3, 0.4) is 0 Å². The lowest BCUT2D eigenvalue weighted by atomic mass is 10.2. The second-order valence-electron chi connectivity index (χ2n) is 6.92. The molecule has 158 valence electrons. The standard InChI is InChI=1S/C23H21N3O3S2/c1-3-26(18-9-5-4-6-10-18)31(28,29)19-14-12-17(13-15-19)22(27)25-23-24-21-16(2)8-7-11-20(21)30-23/h4-15H,3H2,1-2H3,(H,24,25,27). The Hall–Kier alpha value is -3.23. The van der Waals surface area contributed by atoms with Gasteiger partial charge < -0.3 is 0 Å². The molecule has 31 heavy (non-hydrogen) atoms. The summed E-state index contributed by atoms with van der Waals surface area (Å²) in [5.74, 6) is -0.337. The minimum Gasteiger partial charge on any atom is -0.298 e. The van der Waals surface area contributed by atoms with E-state index in [1.165, 1.54) is 39.9 Å². The van der Waals surface area contributed by atoms with Crippen LogP contribution in [0.25, 0.3) is 10.2 Å². The number of nitrogens with zero attached hydrogens (tertiary/aromatic N) is 2. The van der Waals surface area contributed by atoms with Crippen molar-refractivity contribution in [2.75, 3.05) is 16.2 Å². The number of carbonyl (C=O) groups is 1. The van der Waals surface area contributed by atoms with Gasteiger partial charge in [0.1, 0.15) is 0 Å². The average Bonchev–Trinajstić information content (AvgIpc) is 3.19. The first kappa shape index (κ1) is 21.0. The number of anilines is 2. The second kappa shape index (κ2) is 8.49. The Morgan fingerprint density at radius 1 is 1.00 bits per heavy atom. The molecule has 0 bridgehead atoms. The van der Waals surface area contributed by atoms with Crippen LogP contribution in [-0.2, 0) is 10.0 Å². The number of carbonyl (C=O) groups excluding carboxylic acids is 1. The number of aromatic nitrogens is 1. The van der Waals surface area contributed by atoms with Crippen molar-refractivity contribution >= 4 is 48.3 Å².